The summed E-state index contributed by atoms with van der Waals surface area (Å²) in [4.78, 5) is 11.4. The number of hydrogen-bond donors (Lipinski definition) is 0. The fourth-order valence-corrected chi connectivity index (χ4v) is 3.58. The summed E-state index contributed by atoms with van der Waals surface area (Å²) < 4.78 is 27.5. The molecule has 0 aliphatic heterocycles. The van der Waals surface area contributed by atoms with Gasteiger partial charge in [-0.2, -0.15) is 0 Å². The minimum Gasteiger partial charge on any atom is -0.469 e. The number of carbonyl (C=O) groups excluding carboxylic acids is 1. The first-order valence-electron chi connectivity index (χ1n) is 5.54. The summed E-state index contributed by atoms with van der Waals surface area (Å²) in [6.45, 7) is 0. The first-order valence-corrected chi connectivity index (χ1v) is 7.85. The van der Waals surface area contributed by atoms with Gasteiger partial charge in [-0.15, -0.1) is 0 Å². The van der Waals surface area contributed by atoms with Crippen molar-refractivity contribution in [2.75, 3.05) is 7.11 Å². The van der Waals surface area contributed by atoms with Crippen molar-refractivity contribution in [2.45, 2.75) is 24.2 Å². The molecule has 98 valence electrons. The van der Waals surface area contributed by atoms with Crippen LogP contribution in [0.5, 0.6) is 0 Å². The first kappa shape index (κ1) is 13.4. The lowest BCUT2D eigenvalue weighted by Crippen LogP contribution is -2.10. The van der Waals surface area contributed by atoms with Crippen LogP contribution in [-0.4, -0.2) is 21.5 Å². The van der Waals surface area contributed by atoms with E-state index in [4.69, 9.17) is 10.7 Å². The van der Waals surface area contributed by atoms with Crippen LogP contribution < -0.4 is 0 Å². The normalized spacial score (nSPS) is 18.4. The van der Waals surface area contributed by atoms with Crippen molar-refractivity contribution >= 4 is 25.7 Å². The Morgan fingerprint density at radius 2 is 2.17 bits per heavy atom. The molecule has 1 aromatic rings. The molecule has 0 fully saturated rings. The van der Waals surface area contributed by atoms with E-state index in [1.54, 1.807) is 6.07 Å². The van der Waals surface area contributed by atoms with Crippen molar-refractivity contribution in [1.29, 1.82) is 0 Å². The summed E-state index contributed by atoms with van der Waals surface area (Å²) in [6, 6.07) is 5.05. The van der Waals surface area contributed by atoms with Crippen LogP contribution >= 0.6 is 10.7 Å². The van der Waals surface area contributed by atoms with E-state index in [1.807, 2.05) is 6.07 Å². The van der Waals surface area contributed by atoms with E-state index in [0.29, 0.717) is 19.3 Å². The molecule has 2 rings (SSSR count). The highest BCUT2D eigenvalue weighted by Gasteiger charge is 2.29. The molecule has 6 heteroatoms. The van der Waals surface area contributed by atoms with E-state index in [9.17, 15) is 13.2 Å². The molecule has 0 spiro atoms. The van der Waals surface area contributed by atoms with Crippen molar-refractivity contribution in [3.8, 4) is 0 Å². The smallest absolute Gasteiger partial charge is 0.305 e. The maximum atomic E-state index is 11.5. The number of hydrogen-bond acceptors (Lipinski definition) is 4. The summed E-state index contributed by atoms with van der Waals surface area (Å²) in [5, 5.41) is 0. The second-order valence-corrected chi connectivity index (χ2v) is 6.92. The monoisotopic (exact) mass is 288 g/mol. The maximum Gasteiger partial charge on any atom is 0.305 e. The Kier molecular flexibility index (Phi) is 3.64. The molecule has 1 aliphatic carbocycles. The lowest BCUT2D eigenvalue weighted by atomic mass is 10.0. The molecule has 0 amide bonds. The van der Waals surface area contributed by atoms with Gasteiger partial charge in [-0.1, -0.05) is 12.1 Å². The van der Waals surface area contributed by atoms with Crippen LogP contribution in [0.1, 0.15) is 17.5 Å². The van der Waals surface area contributed by atoms with Crippen molar-refractivity contribution in [1.82, 2.24) is 0 Å². The van der Waals surface area contributed by atoms with Gasteiger partial charge in [0.05, 0.1) is 12.0 Å². The van der Waals surface area contributed by atoms with E-state index >= 15 is 0 Å². The third kappa shape index (κ3) is 2.67. The summed E-state index contributed by atoms with van der Waals surface area (Å²) >= 11 is 0. The third-order valence-electron chi connectivity index (χ3n) is 3.18. The number of benzene rings is 1. The molecule has 18 heavy (non-hydrogen) atoms. The summed E-state index contributed by atoms with van der Waals surface area (Å²) in [6.07, 6.45) is 1.53. The number of carbonyl (C=O) groups is 1. The molecular formula is C12H13ClO4S. The number of esters is 1. The highest BCUT2D eigenvalue weighted by molar-refractivity contribution is 8.13. The second kappa shape index (κ2) is 4.90. The zero-order valence-corrected chi connectivity index (χ0v) is 11.4. The largest absolute Gasteiger partial charge is 0.469 e. The molecule has 4 nitrogen and oxygen atoms in total. The third-order valence-corrected chi connectivity index (χ3v) is 4.58. The SMILES string of the molecule is COC(=O)CC1Cc2cccc(S(=O)(=O)Cl)c2C1. The number of fused-ring (bicyclic) bond motifs is 1. The summed E-state index contributed by atoms with van der Waals surface area (Å²) in [5.41, 5.74) is 1.69. The van der Waals surface area contributed by atoms with Gasteiger partial charge in [-0.3, -0.25) is 4.79 Å². The topological polar surface area (TPSA) is 60.4 Å². The van der Waals surface area contributed by atoms with Crippen molar-refractivity contribution in [2.24, 2.45) is 5.92 Å². The fraction of sp³-hybridized carbons (Fsp3) is 0.417. The zero-order chi connectivity index (χ0) is 13.3. The summed E-state index contributed by atoms with van der Waals surface area (Å²) in [7, 11) is 3.02. The zero-order valence-electron chi connectivity index (χ0n) is 9.85. The molecule has 0 aromatic heterocycles. The molecule has 1 aliphatic rings. The molecule has 0 saturated heterocycles. The molecule has 1 aromatic carbocycles. The first-order chi connectivity index (χ1) is 8.41. The Morgan fingerprint density at radius 3 is 2.78 bits per heavy atom. The predicted octanol–water partition coefficient (Wildman–Crippen LogP) is 1.89. The highest BCUT2D eigenvalue weighted by Crippen LogP contribution is 2.34. The predicted molar refractivity (Wildman–Crippen MR) is 67.0 cm³/mol. The molecule has 1 atom stereocenters. The average Bonchev–Trinajstić information content (AvgIpc) is 2.68. The van der Waals surface area contributed by atoms with Crippen LogP contribution in [0, 0.1) is 5.92 Å². The number of ether oxygens (including phenoxy) is 1. The van der Waals surface area contributed by atoms with Crippen LogP contribution in [0.2, 0.25) is 0 Å². The molecular weight excluding hydrogens is 276 g/mol. The van der Waals surface area contributed by atoms with E-state index in [0.717, 1.165) is 11.1 Å². The van der Waals surface area contributed by atoms with Gasteiger partial charge >= 0.3 is 5.97 Å². The van der Waals surface area contributed by atoms with E-state index in [-0.39, 0.29) is 16.8 Å². The van der Waals surface area contributed by atoms with Gasteiger partial charge in [0.2, 0.25) is 0 Å². The minimum atomic E-state index is -3.73. The number of methoxy groups -OCH3 is 1. The molecule has 0 heterocycles. The molecule has 0 saturated carbocycles. The Hall–Kier alpha value is -1.07. The van der Waals surface area contributed by atoms with E-state index in [2.05, 4.69) is 4.74 Å². The second-order valence-electron chi connectivity index (χ2n) is 4.39. The maximum absolute atomic E-state index is 11.5. The quantitative estimate of drug-likeness (QED) is 0.629. The van der Waals surface area contributed by atoms with Crippen molar-refractivity contribution in [3.05, 3.63) is 29.3 Å². The fourth-order valence-electron chi connectivity index (χ4n) is 2.40. The Balaban J connectivity index is 2.27. The van der Waals surface area contributed by atoms with Crippen LogP contribution in [0.15, 0.2) is 23.1 Å². The van der Waals surface area contributed by atoms with Crippen LogP contribution in [-0.2, 0) is 31.4 Å². The van der Waals surface area contributed by atoms with Gasteiger partial charge in [0, 0.05) is 17.1 Å². The van der Waals surface area contributed by atoms with Gasteiger partial charge in [-0.25, -0.2) is 8.42 Å². The van der Waals surface area contributed by atoms with Crippen LogP contribution in [0.3, 0.4) is 0 Å². The van der Waals surface area contributed by atoms with E-state index < -0.39 is 9.05 Å². The van der Waals surface area contributed by atoms with Gasteiger partial charge < -0.3 is 4.74 Å². The standard InChI is InChI=1S/C12H13ClO4S/c1-17-12(14)7-8-5-9-3-2-4-11(10(9)6-8)18(13,15)16/h2-4,8H,5-7H2,1H3. The lowest BCUT2D eigenvalue weighted by Gasteiger charge is -2.06. The number of rotatable bonds is 3. The number of halogens is 1. The van der Waals surface area contributed by atoms with E-state index in [1.165, 1.54) is 13.2 Å². The van der Waals surface area contributed by atoms with Crippen molar-refractivity contribution in [3.63, 3.8) is 0 Å². The van der Waals surface area contributed by atoms with Crippen molar-refractivity contribution < 1.29 is 17.9 Å². The Morgan fingerprint density at radius 1 is 1.44 bits per heavy atom. The average molecular weight is 289 g/mol. The van der Waals surface area contributed by atoms with Crippen LogP contribution in [0.4, 0.5) is 0 Å². The minimum absolute atomic E-state index is 0.0898. The molecule has 0 bridgehead atoms. The molecule has 0 N–H and O–H groups in total. The van der Waals surface area contributed by atoms with Gasteiger partial charge in [0.1, 0.15) is 0 Å². The summed E-state index contributed by atoms with van der Waals surface area (Å²) in [5.74, 6) is -0.185. The Labute approximate surface area is 110 Å². The lowest BCUT2D eigenvalue weighted by molar-refractivity contribution is -0.141. The van der Waals surface area contributed by atoms with Gasteiger partial charge in [0.15, 0.2) is 0 Å². The van der Waals surface area contributed by atoms with Gasteiger partial charge in [0.25, 0.3) is 9.05 Å². The molecule has 1 unspecified atom stereocenters. The Bertz CT molecular complexity index is 580. The highest BCUT2D eigenvalue weighted by atomic mass is 35.7. The van der Waals surface area contributed by atoms with Gasteiger partial charge in [-0.05, 0) is 36.0 Å². The van der Waals surface area contributed by atoms with Crippen LogP contribution in [0.25, 0.3) is 0 Å². The molecule has 0 radical (unpaired) electrons.